The van der Waals surface area contributed by atoms with Crippen LogP contribution >= 0.6 is 48.0 Å². The van der Waals surface area contributed by atoms with Crippen molar-refractivity contribution in [1.82, 2.24) is 15.9 Å². The summed E-state index contributed by atoms with van der Waals surface area (Å²) in [5, 5.41) is 6.20. The highest BCUT2D eigenvalue weighted by Gasteiger charge is 2.27. The predicted molar refractivity (Wildman–Crippen MR) is 97.1 cm³/mol. The van der Waals surface area contributed by atoms with Gasteiger partial charge in [-0.3, -0.25) is 0 Å². The number of nitrogens with one attached hydrogen (secondary N) is 2. The predicted octanol–water partition coefficient (Wildman–Crippen LogP) is 2.72. The molecule has 1 unspecified atom stereocenters. The van der Waals surface area contributed by atoms with Gasteiger partial charge in [0.1, 0.15) is 10.5 Å². The lowest BCUT2D eigenvalue weighted by Crippen LogP contribution is -2.47. The summed E-state index contributed by atoms with van der Waals surface area (Å²) in [5.41, 5.74) is 8.38. The number of hydrogen-bond acceptors (Lipinski definition) is 6. The van der Waals surface area contributed by atoms with E-state index in [0.717, 1.165) is 11.1 Å². The van der Waals surface area contributed by atoms with Gasteiger partial charge in [-0.2, -0.15) is 5.10 Å². The van der Waals surface area contributed by atoms with Gasteiger partial charge in [-0.15, -0.1) is 0 Å². The molecule has 0 fully saturated rings. The highest BCUT2D eigenvalue weighted by atomic mass is 32.2. The molecule has 0 bridgehead atoms. The molecule has 20 heavy (non-hydrogen) atoms. The number of hydrazone groups is 1. The van der Waals surface area contributed by atoms with Crippen molar-refractivity contribution in [2.45, 2.75) is 6.17 Å². The van der Waals surface area contributed by atoms with Gasteiger partial charge >= 0.3 is 0 Å². The van der Waals surface area contributed by atoms with Crippen molar-refractivity contribution >= 4 is 62.8 Å². The third-order valence-corrected chi connectivity index (χ3v) is 5.01. The fourth-order valence-corrected chi connectivity index (χ4v) is 2.48. The van der Waals surface area contributed by atoms with Gasteiger partial charge in [0.05, 0.1) is 6.21 Å². The zero-order valence-corrected chi connectivity index (χ0v) is 14.3. The van der Waals surface area contributed by atoms with Crippen molar-refractivity contribution in [3.63, 3.8) is 0 Å². The monoisotopic (exact) mass is 342 g/mol. The Balaban J connectivity index is 2.27. The van der Waals surface area contributed by atoms with E-state index in [1.54, 1.807) is 5.01 Å². The molecule has 8 heteroatoms. The molecule has 0 aromatic heterocycles. The van der Waals surface area contributed by atoms with Crippen LogP contribution in [0, 0.1) is 0 Å². The molecule has 2 rings (SSSR count). The first-order valence-electron chi connectivity index (χ1n) is 5.77. The lowest BCUT2D eigenvalue weighted by molar-refractivity contribution is 0.272. The van der Waals surface area contributed by atoms with Gasteiger partial charge in [0.2, 0.25) is 0 Å². The Bertz CT molecular complexity index is 546. The van der Waals surface area contributed by atoms with E-state index in [1.807, 2.05) is 36.9 Å². The van der Waals surface area contributed by atoms with Gasteiger partial charge in [0.25, 0.3) is 0 Å². The Kier molecular flexibility index (Phi) is 5.79. The number of nitrogens with zero attached hydrogens (tertiary/aromatic N) is 2. The Morgan fingerprint density at radius 3 is 2.70 bits per heavy atom. The number of fused-ring (bicyclic) bond motifs is 1. The van der Waals surface area contributed by atoms with E-state index in [1.165, 1.54) is 23.5 Å². The van der Waals surface area contributed by atoms with Crippen molar-refractivity contribution < 1.29 is 0 Å². The summed E-state index contributed by atoms with van der Waals surface area (Å²) < 4.78 is 1.37. The van der Waals surface area contributed by atoms with Crippen molar-refractivity contribution in [3.05, 3.63) is 35.4 Å². The molecule has 4 nitrogen and oxygen atoms in total. The molecular weight excluding hydrogens is 328 g/mol. The fraction of sp³-hybridized carbons (Fsp3) is 0.250. The lowest BCUT2D eigenvalue weighted by Gasteiger charge is -2.33. The number of hydrogen-bond donors (Lipinski definition) is 2. The number of benzene rings is 1. The fourth-order valence-electron chi connectivity index (χ4n) is 1.76. The van der Waals surface area contributed by atoms with Gasteiger partial charge in [0.15, 0.2) is 4.32 Å². The number of thiocarbonyl (C=S) groups is 2. The van der Waals surface area contributed by atoms with Crippen LogP contribution in [0.4, 0.5) is 0 Å². The van der Waals surface area contributed by atoms with Crippen LogP contribution in [0.1, 0.15) is 17.3 Å². The summed E-state index contributed by atoms with van der Waals surface area (Å²) in [4.78, 5) is 0. The first-order chi connectivity index (χ1) is 9.67. The van der Waals surface area contributed by atoms with E-state index in [4.69, 9.17) is 24.4 Å². The minimum absolute atomic E-state index is 0.179. The Labute approximate surface area is 137 Å². The first-order valence-corrected chi connectivity index (χ1v) is 9.03. The Morgan fingerprint density at radius 1 is 1.25 bits per heavy atom. The second-order valence-electron chi connectivity index (χ2n) is 3.85. The SMILES string of the molecule is CSC(=S)NNC1c2ccccc2C=NN1C(=S)SC. The minimum atomic E-state index is -0.179. The molecule has 2 N–H and O–H groups in total. The van der Waals surface area contributed by atoms with Crippen LogP contribution < -0.4 is 10.9 Å². The third kappa shape index (κ3) is 3.50. The topological polar surface area (TPSA) is 39.7 Å². The molecule has 106 valence electrons. The summed E-state index contributed by atoms with van der Waals surface area (Å²) in [6.07, 6.45) is 5.51. The molecule has 1 aliphatic heterocycles. The smallest absolute Gasteiger partial charge is 0.158 e. The first kappa shape index (κ1) is 15.7. The number of hydrazine groups is 1. The van der Waals surface area contributed by atoms with Crippen LogP contribution in [0.2, 0.25) is 0 Å². The van der Waals surface area contributed by atoms with E-state index in [0.29, 0.717) is 8.64 Å². The average molecular weight is 343 g/mol. The largest absolute Gasteiger partial charge is 0.304 e. The highest BCUT2D eigenvalue weighted by molar-refractivity contribution is 8.22. The molecule has 1 aromatic rings. The molecule has 1 atom stereocenters. The van der Waals surface area contributed by atoms with Crippen molar-refractivity contribution in [1.29, 1.82) is 0 Å². The molecule has 0 amide bonds. The molecule has 1 heterocycles. The van der Waals surface area contributed by atoms with E-state index in [-0.39, 0.29) is 6.17 Å². The van der Waals surface area contributed by atoms with Crippen LogP contribution in [0.3, 0.4) is 0 Å². The van der Waals surface area contributed by atoms with Gasteiger partial charge in [-0.1, -0.05) is 72.2 Å². The van der Waals surface area contributed by atoms with Gasteiger partial charge in [0, 0.05) is 11.1 Å². The van der Waals surface area contributed by atoms with Crippen molar-refractivity contribution in [3.8, 4) is 0 Å². The number of rotatable bonds is 2. The summed E-state index contributed by atoms with van der Waals surface area (Å²) in [5.74, 6) is 0. The summed E-state index contributed by atoms with van der Waals surface area (Å²) in [7, 11) is 0. The molecule has 0 aliphatic carbocycles. The van der Waals surface area contributed by atoms with Crippen molar-refractivity contribution in [2.24, 2.45) is 5.10 Å². The van der Waals surface area contributed by atoms with E-state index >= 15 is 0 Å². The number of thioether (sulfide) groups is 2. The normalized spacial score (nSPS) is 16.7. The average Bonchev–Trinajstić information content (AvgIpc) is 2.51. The maximum Gasteiger partial charge on any atom is 0.158 e. The van der Waals surface area contributed by atoms with E-state index < -0.39 is 0 Å². The zero-order chi connectivity index (χ0) is 14.5. The van der Waals surface area contributed by atoms with Crippen LogP contribution in [0.25, 0.3) is 0 Å². The molecule has 0 saturated heterocycles. The van der Waals surface area contributed by atoms with E-state index in [9.17, 15) is 0 Å². The van der Waals surface area contributed by atoms with E-state index in [2.05, 4.69) is 22.0 Å². The summed E-state index contributed by atoms with van der Waals surface area (Å²) in [6.45, 7) is 0. The minimum Gasteiger partial charge on any atom is -0.304 e. The van der Waals surface area contributed by atoms with Gasteiger partial charge in [-0.05, 0) is 12.5 Å². The van der Waals surface area contributed by atoms with Crippen molar-refractivity contribution in [2.75, 3.05) is 12.5 Å². The van der Waals surface area contributed by atoms with Crippen LogP contribution in [-0.2, 0) is 0 Å². The Hall–Kier alpha value is -0.670. The molecule has 1 aliphatic rings. The van der Waals surface area contributed by atoms with Gasteiger partial charge < -0.3 is 5.43 Å². The highest BCUT2D eigenvalue weighted by Crippen LogP contribution is 2.27. The molecule has 0 radical (unpaired) electrons. The quantitative estimate of drug-likeness (QED) is 0.632. The second-order valence-corrected chi connectivity index (χ2v) is 6.77. The Morgan fingerprint density at radius 2 is 2.00 bits per heavy atom. The summed E-state index contributed by atoms with van der Waals surface area (Å²) in [6, 6.07) is 8.07. The van der Waals surface area contributed by atoms with Gasteiger partial charge in [-0.25, -0.2) is 10.4 Å². The molecule has 0 spiro atoms. The van der Waals surface area contributed by atoms with Crippen LogP contribution in [0.15, 0.2) is 29.4 Å². The van der Waals surface area contributed by atoms with Crippen LogP contribution in [0.5, 0.6) is 0 Å². The molecule has 1 aromatic carbocycles. The zero-order valence-electron chi connectivity index (χ0n) is 11.0. The third-order valence-electron chi connectivity index (χ3n) is 2.71. The molecule has 0 saturated carbocycles. The summed E-state index contributed by atoms with van der Waals surface area (Å²) >= 11 is 13.5. The molecular formula is C12H14N4S4. The van der Waals surface area contributed by atoms with Crippen LogP contribution in [-0.4, -0.2) is 32.4 Å². The lowest BCUT2D eigenvalue weighted by atomic mass is 10.0. The second kappa shape index (κ2) is 7.37. The maximum atomic E-state index is 5.36. The standard InChI is InChI=1S/C12H14N4S4/c1-19-11(17)15-14-10-9-6-4-3-5-8(9)7-13-16(10)12(18)20-2/h3-7,10,14H,1-2H3,(H,15,17). The maximum absolute atomic E-state index is 5.36.